The first-order valence-electron chi connectivity index (χ1n) is 15.6. The Labute approximate surface area is 272 Å². The molecule has 4 aliphatic heterocycles. The van der Waals surface area contributed by atoms with Gasteiger partial charge in [0.2, 0.25) is 0 Å². The molecule has 276 valence electrons. The number of carboxylic acids is 1. The van der Waals surface area contributed by atoms with Crippen molar-refractivity contribution in [3.8, 4) is 0 Å². The third kappa shape index (κ3) is 8.95. The van der Waals surface area contributed by atoms with E-state index in [1.54, 1.807) is 27.7 Å². The predicted molar refractivity (Wildman–Crippen MR) is 155 cm³/mol. The number of carbonyl (C=O) groups is 1. The Morgan fingerprint density at radius 3 is 1.55 bits per heavy atom. The molecule has 9 unspecified atom stereocenters. The fraction of sp³-hybridized carbons (Fsp3) is 0.966. The van der Waals surface area contributed by atoms with E-state index in [9.17, 15) is 50.8 Å². The first-order valence-corrected chi connectivity index (χ1v) is 15.6. The molecular formula is C29H52O18. The van der Waals surface area contributed by atoms with E-state index < -0.39 is 123 Å². The van der Waals surface area contributed by atoms with Crippen molar-refractivity contribution < 1.29 is 88.6 Å². The Morgan fingerprint density at radius 2 is 1.04 bits per heavy atom. The molecule has 9 N–H and O–H groups in total. The summed E-state index contributed by atoms with van der Waals surface area (Å²) in [5.74, 6) is -2.27. The molecular weight excluding hydrogens is 636 g/mol. The van der Waals surface area contributed by atoms with Crippen molar-refractivity contribution in [1.82, 2.24) is 0 Å². The number of rotatable bonds is 8. The van der Waals surface area contributed by atoms with Crippen LogP contribution in [0.15, 0.2) is 0 Å². The third-order valence-electron chi connectivity index (χ3n) is 9.20. The molecule has 4 aliphatic rings. The number of hydrogen-bond donors (Lipinski definition) is 9. The number of hydrogen-bond acceptors (Lipinski definition) is 17. The monoisotopic (exact) mass is 688 g/mol. The van der Waals surface area contributed by atoms with Crippen LogP contribution in [-0.2, 0) is 42.7 Å². The molecule has 0 aromatic heterocycles. The van der Waals surface area contributed by atoms with Crippen LogP contribution in [0, 0.1) is 5.92 Å². The Bertz CT molecular complexity index is 961. The van der Waals surface area contributed by atoms with E-state index in [-0.39, 0.29) is 12.2 Å². The number of aliphatic carboxylic acids is 1. The van der Waals surface area contributed by atoms with Crippen LogP contribution in [0.5, 0.6) is 0 Å². The quantitative estimate of drug-likeness (QED) is 0.118. The highest BCUT2D eigenvalue weighted by atomic mass is 16.7. The van der Waals surface area contributed by atoms with Gasteiger partial charge in [-0.15, -0.1) is 0 Å². The lowest BCUT2D eigenvalue weighted by molar-refractivity contribution is -0.349. The molecule has 0 aromatic rings. The van der Waals surface area contributed by atoms with E-state index in [4.69, 9.17) is 37.9 Å². The van der Waals surface area contributed by atoms with Crippen molar-refractivity contribution in [2.75, 3.05) is 20.8 Å². The van der Waals surface area contributed by atoms with Crippen LogP contribution in [0.4, 0.5) is 0 Å². The standard InChI is InChI=1S/C21H36O14.C8H16O4/c1-6-10(22)14(26)20(34-16(6)19(28)29)31-5-9-12(24)13(25)15(27)21(33-9)35-17-8(3)32-7(2)11(23)18(17)30-4;1-4-6(9)8(11-3)7(10)5(2)12-4/h6-18,20-27H,5H2,1-4H3,(H,28,29);4-10H,1-3H3/t6-,7?,8+,9?,10-,11-,12+,13-,14?,15?,16?,17?,18-,20-,21+;4-,5?,6?,7+,8?/m01/s1. The van der Waals surface area contributed by atoms with Gasteiger partial charge in [-0.1, -0.05) is 6.92 Å². The van der Waals surface area contributed by atoms with Crippen molar-refractivity contribution in [2.45, 2.75) is 151 Å². The molecule has 4 heterocycles. The van der Waals surface area contributed by atoms with E-state index in [0.717, 1.165) is 0 Å². The molecule has 0 radical (unpaired) electrons. The fourth-order valence-electron chi connectivity index (χ4n) is 6.13. The summed E-state index contributed by atoms with van der Waals surface area (Å²) in [5, 5.41) is 90.2. The molecule has 0 saturated carbocycles. The smallest absolute Gasteiger partial charge is 0.333 e. The molecule has 4 fully saturated rings. The number of methoxy groups -OCH3 is 2. The average molecular weight is 689 g/mol. The fourth-order valence-corrected chi connectivity index (χ4v) is 6.13. The second kappa shape index (κ2) is 17.2. The normalized spacial score (nSPS) is 50.7. The van der Waals surface area contributed by atoms with Crippen LogP contribution in [0.2, 0.25) is 0 Å². The first kappa shape index (κ1) is 40.3. The van der Waals surface area contributed by atoms with Crippen LogP contribution < -0.4 is 0 Å². The molecule has 20 atom stereocenters. The highest BCUT2D eigenvalue weighted by molar-refractivity contribution is 5.73. The van der Waals surface area contributed by atoms with Gasteiger partial charge in [0, 0.05) is 20.1 Å². The molecule has 47 heavy (non-hydrogen) atoms. The molecule has 4 rings (SSSR count). The van der Waals surface area contributed by atoms with E-state index >= 15 is 0 Å². The van der Waals surface area contributed by atoms with Gasteiger partial charge in [-0.05, 0) is 27.7 Å². The SMILES string of the molecule is COC1C(O)[C@@H](C)OC(C)[C@@H]1O.CO[C@@H]1C(O[C@H]2OC(CO[C@H]3OC(C(=O)O)[C@@H](C)[C@H](O)C3O)[C@@H](O)[C@H](O)C2O)[C@@H](C)OC(C)[C@@H]1O. The van der Waals surface area contributed by atoms with Gasteiger partial charge in [0.1, 0.15) is 67.1 Å². The van der Waals surface area contributed by atoms with Crippen molar-refractivity contribution in [2.24, 2.45) is 5.92 Å². The lowest BCUT2D eigenvalue weighted by atomic mass is 9.91. The van der Waals surface area contributed by atoms with Crippen molar-refractivity contribution in [3.63, 3.8) is 0 Å². The maximum Gasteiger partial charge on any atom is 0.333 e. The Balaban J connectivity index is 0.000000420. The lowest BCUT2D eigenvalue weighted by Crippen LogP contribution is -2.64. The van der Waals surface area contributed by atoms with Gasteiger partial charge in [-0.3, -0.25) is 0 Å². The summed E-state index contributed by atoms with van der Waals surface area (Å²) in [6.45, 7) is 7.74. The number of aliphatic hydroxyl groups excluding tert-OH is 8. The minimum Gasteiger partial charge on any atom is -0.479 e. The zero-order chi connectivity index (χ0) is 35.5. The van der Waals surface area contributed by atoms with Gasteiger partial charge in [0.25, 0.3) is 0 Å². The summed E-state index contributed by atoms with van der Waals surface area (Å²) >= 11 is 0. The molecule has 0 aromatic carbocycles. The lowest BCUT2D eigenvalue weighted by Gasteiger charge is -2.46. The van der Waals surface area contributed by atoms with Crippen molar-refractivity contribution >= 4 is 5.97 Å². The maximum atomic E-state index is 11.4. The molecule has 18 heteroatoms. The van der Waals surface area contributed by atoms with Gasteiger partial charge < -0.3 is 83.9 Å². The first-order chi connectivity index (χ1) is 22.0. The van der Waals surface area contributed by atoms with Crippen LogP contribution in [-0.4, -0.2) is 189 Å². The molecule has 0 aliphatic carbocycles. The van der Waals surface area contributed by atoms with Gasteiger partial charge in [-0.25, -0.2) is 4.79 Å². The van der Waals surface area contributed by atoms with Gasteiger partial charge in [-0.2, -0.15) is 0 Å². The second-order valence-electron chi connectivity index (χ2n) is 12.5. The molecule has 0 amide bonds. The summed E-state index contributed by atoms with van der Waals surface area (Å²) < 4.78 is 43.3. The number of ether oxygens (including phenoxy) is 8. The van der Waals surface area contributed by atoms with E-state index in [0.29, 0.717) is 0 Å². The van der Waals surface area contributed by atoms with Crippen molar-refractivity contribution in [1.29, 1.82) is 0 Å². The topological polar surface area (TPSA) is 273 Å². The van der Waals surface area contributed by atoms with E-state index in [2.05, 4.69) is 0 Å². The summed E-state index contributed by atoms with van der Waals surface area (Å²) in [6, 6.07) is 0. The third-order valence-corrected chi connectivity index (χ3v) is 9.20. The molecule has 18 nitrogen and oxygen atoms in total. The average Bonchev–Trinajstić information content (AvgIpc) is 3.02. The highest BCUT2D eigenvalue weighted by Crippen LogP contribution is 2.32. The number of carboxylic acid groups (broad SMARTS) is 1. The Hall–Kier alpha value is -1.17. The molecule has 4 saturated heterocycles. The Kier molecular flexibility index (Phi) is 14.7. The van der Waals surface area contributed by atoms with Gasteiger partial charge in [0.15, 0.2) is 18.7 Å². The summed E-state index contributed by atoms with van der Waals surface area (Å²) in [7, 11) is 2.85. The maximum absolute atomic E-state index is 11.4. The van der Waals surface area contributed by atoms with Gasteiger partial charge in [0.05, 0.1) is 37.1 Å². The van der Waals surface area contributed by atoms with E-state index in [1.165, 1.54) is 21.1 Å². The van der Waals surface area contributed by atoms with Crippen molar-refractivity contribution in [3.05, 3.63) is 0 Å². The summed E-state index contributed by atoms with van der Waals surface area (Å²) in [5.41, 5.74) is 0. The summed E-state index contributed by atoms with van der Waals surface area (Å²) in [4.78, 5) is 11.4. The molecule has 0 bridgehead atoms. The summed E-state index contributed by atoms with van der Waals surface area (Å²) in [6.07, 6.45) is -20.4. The zero-order valence-corrected chi connectivity index (χ0v) is 27.5. The minimum absolute atomic E-state index is 0.284. The zero-order valence-electron chi connectivity index (χ0n) is 27.5. The highest BCUT2D eigenvalue weighted by Gasteiger charge is 2.51. The van der Waals surface area contributed by atoms with Crippen LogP contribution in [0.3, 0.4) is 0 Å². The van der Waals surface area contributed by atoms with Crippen LogP contribution in [0.25, 0.3) is 0 Å². The number of aliphatic hydroxyl groups is 8. The Morgan fingerprint density at radius 1 is 0.553 bits per heavy atom. The van der Waals surface area contributed by atoms with Crippen LogP contribution >= 0.6 is 0 Å². The predicted octanol–water partition coefficient (Wildman–Crippen LogP) is -3.92. The minimum atomic E-state index is -1.72. The second-order valence-corrected chi connectivity index (χ2v) is 12.5. The molecule has 0 spiro atoms. The largest absolute Gasteiger partial charge is 0.479 e. The van der Waals surface area contributed by atoms with E-state index in [1.807, 2.05) is 0 Å². The van der Waals surface area contributed by atoms with Gasteiger partial charge >= 0.3 is 5.97 Å². The van der Waals surface area contributed by atoms with Crippen LogP contribution in [0.1, 0.15) is 34.6 Å².